The number of morpholine rings is 1. The third-order valence-corrected chi connectivity index (χ3v) is 7.16. The molecule has 2 aliphatic rings. The fourth-order valence-corrected chi connectivity index (χ4v) is 5.23. The van der Waals surface area contributed by atoms with Gasteiger partial charge in [0, 0.05) is 38.8 Å². The average molecular weight is 536 g/mol. The molecule has 0 aliphatic carbocycles. The lowest BCUT2D eigenvalue weighted by atomic mass is 9.99. The molecule has 2 aromatic carbocycles. The first-order chi connectivity index (χ1) is 19.1. The Balaban J connectivity index is 1.21. The summed E-state index contributed by atoms with van der Waals surface area (Å²) in [6, 6.07) is 11.1. The van der Waals surface area contributed by atoms with Crippen LogP contribution >= 0.6 is 0 Å². The molecule has 0 unspecified atom stereocenters. The first-order valence-electron chi connectivity index (χ1n) is 13.9. The number of anilines is 2. The van der Waals surface area contributed by atoms with E-state index in [-0.39, 0.29) is 5.82 Å². The second kappa shape index (κ2) is 13.1. The van der Waals surface area contributed by atoms with Crippen LogP contribution in [0, 0.1) is 5.82 Å². The number of nitrogens with zero attached hydrogens (tertiary/aromatic N) is 4. The number of ether oxygens (including phenoxy) is 3. The van der Waals surface area contributed by atoms with Crippen molar-refractivity contribution in [3.05, 3.63) is 60.2 Å². The van der Waals surface area contributed by atoms with Gasteiger partial charge in [0.15, 0.2) is 0 Å². The maximum absolute atomic E-state index is 13.6. The average Bonchev–Trinajstić information content (AvgIpc) is 2.96. The molecule has 208 valence electrons. The molecular formula is C30H38FN5O3. The van der Waals surface area contributed by atoms with Gasteiger partial charge in [-0.25, -0.2) is 14.4 Å². The molecule has 2 saturated heterocycles. The smallest absolute Gasteiger partial charge is 0.225 e. The molecule has 0 spiro atoms. The number of rotatable bonds is 10. The second-order valence-electron chi connectivity index (χ2n) is 9.91. The molecule has 0 amide bonds. The van der Waals surface area contributed by atoms with Gasteiger partial charge in [-0.05, 0) is 62.1 Å². The molecule has 0 atom stereocenters. The zero-order valence-electron chi connectivity index (χ0n) is 22.9. The summed E-state index contributed by atoms with van der Waals surface area (Å²) in [6.45, 7) is 10.9. The Kier molecular flexibility index (Phi) is 9.11. The number of hydrogen-bond acceptors (Lipinski definition) is 8. The monoisotopic (exact) mass is 535 g/mol. The van der Waals surface area contributed by atoms with Crippen molar-refractivity contribution in [2.45, 2.75) is 39.3 Å². The lowest BCUT2D eigenvalue weighted by molar-refractivity contribution is 0.122. The lowest BCUT2D eigenvalue weighted by Crippen LogP contribution is -2.39. The number of benzene rings is 2. The minimum absolute atomic E-state index is 0.262. The van der Waals surface area contributed by atoms with Crippen molar-refractivity contribution in [1.82, 2.24) is 14.9 Å². The van der Waals surface area contributed by atoms with E-state index in [1.165, 1.54) is 12.1 Å². The van der Waals surface area contributed by atoms with Crippen LogP contribution in [-0.4, -0.2) is 73.5 Å². The number of likely N-dealkylation sites (tertiary alicyclic amines) is 1. The van der Waals surface area contributed by atoms with E-state index < -0.39 is 0 Å². The van der Waals surface area contributed by atoms with Crippen molar-refractivity contribution in [3.8, 4) is 22.6 Å². The molecule has 0 saturated carbocycles. The van der Waals surface area contributed by atoms with Crippen LogP contribution in [-0.2, 0) is 11.3 Å². The van der Waals surface area contributed by atoms with Gasteiger partial charge in [-0.2, -0.15) is 0 Å². The maximum Gasteiger partial charge on any atom is 0.225 e. The van der Waals surface area contributed by atoms with Crippen molar-refractivity contribution >= 4 is 11.6 Å². The zero-order valence-corrected chi connectivity index (χ0v) is 22.9. The standard InChI is InChI=1S/C30H38FN5O3/c1-3-38-27-17-22(18-28(39-4-2)29(27)23-5-7-24(31)8-6-23)21-35-11-9-25(10-12-35)34-26-19-32-30(33-20-26)36-13-15-37-16-14-36/h5-8,17-20,25,34H,3-4,9-16,21H2,1-2H3. The second-order valence-corrected chi connectivity index (χ2v) is 9.91. The molecule has 8 nitrogen and oxygen atoms in total. The third-order valence-electron chi connectivity index (χ3n) is 7.16. The van der Waals surface area contributed by atoms with Crippen LogP contribution in [0.5, 0.6) is 11.5 Å². The first kappa shape index (κ1) is 27.1. The summed E-state index contributed by atoms with van der Waals surface area (Å²) in [6.07, 6.45) is 5.85. The summed E-state index contributed by atoms with van der Waals surface area (Å²) in [5, 5.41) is 3.62. The molecule has 0 radical (unpaired) electrons. The molecular weight excluding hydrogens is 497 g/mol. The van der Waals surface area contributed by atoms with Crippen molar-refractivity contribution in [1.29, 1.82) is 0 Å². The minimum Gasteiger partial charge on any atom is -0.493 e. The van der Waals surface area contributed by atoms with E-state index >= 15 is 0 Å². The van der Waals surface area contributed by atoms with Gasteiger partial charge in [-0.3, -0.25) is 4.90 Å². The highest BCUT2D eigenvalue weighted by Crippen LogP contribution is 2.40. The molecule has 2 aliphatic heterocycles. The number of aromatic nitrogens is 2. The van der Waals surface area contributed by atoms with Gasteiger partial charge in [0.05, 0.1) is 50.1 Å². The van der Waals surface area contributed by atoms with Crippen molar-refractivity contribution in [3.63, 3.8) is 0 Å². The Bertz CT molecular complexity index is 1170. The summed E-state index contributed by atoms with van der Waals surface area (Å²) in [5.41, 5.74) is 3.85. The Morgan fingerprint density at radius 3 is 2.13 bits per heavy atom. The Morgan fingerprint density at radius 1 is 0.923 bits per heavy atom. The van der Waals surface area contributed by atoms with Gasteiger partial charge in [0.25, 0.3) is 0 Å². The molecule has 3 aromatic rings. The largest absolute Gasteiger partial charge is 0.493 e. The van der Waals surface area contributed by atoms with E-state index in [1.807, 2.05) is 26.2 Å². The van der Waals surface area contributed by atoms with Crippen LogP contribution in [0.3, 0.4) is 0 Å². The third kappa shape index (κ3) is 6.96. The fraction of sp³-hybridized carbons (Fsp3) is 0.467. The van der Waals surface area contributed by atoms with Crippen LogP contribution in [0.15, 0.2) is 48.8 Å². The number of piperidine rings is 1. The van der Waals surface area contributed by atoms with E-state index in [0.717, 1.165) is 98.6 Å². The number of hydrogen-bond donors (Lipinski definition) is 1. The molecule has 9 heteroatoms. The van der Waals surface area contributed by atoms with Crippen LogP contribution in [0.2, 0.25) is 0 Å². The lowest BCUT2D eigenvalue weighted by Gasteiger charge is -2.33. The molecule has 0 bridgehead atoms. The predicted octanol–water partition coefficient (Wildman–Crippen LogP) is 4.99. The highest BCUT2D eigenvalue weighted by Gasteiger charge is 2.22. The fourth-order valence-electron chi connectivity index (χ4n) is 5.23. The highest BCUT2D eigenvalue weighted by molar-refractivity contribution is 5.77. The van der Waals surface area contributed by atoms with E-state index in [2.05, 4.69) is 37.2 Å². The molecule has 39 heavy (non-hydrogen) atoms. The van der Waals surface area contributed by atoms with Gasteiger partial charge < -0.3 is 24.4 Å². The number of halogens is 1. The van der Waals surface area contributed by atoms with E-state index in [1.54, 1.807) is 12.1 Å². The van der Waals surface area contributed by atoms with E-state index in [9.17, 15) is 4.39 Å². The summed E-state index contributed by atoms with van der Waals surface area (Å²) < 4.78 is 31.1. The van der Waals surface area contributed by atoms with Crippen LogP contribution in [0.1, 0.15) is 32.3 Å². The molecule has 5 rings (SSSR count). The quantitative estimate of drug-likeness (QED) is 0.389. The first-order valence-corrected chi connectivity index (χ1v) is 13.9. The Hall–Kier alpha value is -3.43. The predicted molar refractivity (Wildman–Crippen MR) is 151 cm³/mol. The van der Waals surface area contributed by atoms with E-state index in [0.29, 0.717) is 19.3 Å². The summed E-state index contributed by atoms with van der Waals surface area (Å²) in [7, 11) is 0. The van der Waals surface area contributed by atoms with Gasteiger partial charge >= 0.3 is 0 Å². The van der Waals surface area contributed by atoms with Gasteiger partial charge in [0.1, 0.15) is 17.3 Å². The van der Waals surface area contributed by atoms with E-state index in [4.69, 9.17) is 14.2 Å². The SMILES string of the molecule is CCOc1cc(CN2CCC(Nc3cnc(N4CCOCC4)nc3)CC2)cc(OCC)c1-c1ccc(F)cc1. The summed E-state index contributed by atoms with van der Waals surface area (Å²) >= 11 is 0. The topological polar surface area (TPSA) is 72.0 Å². The Labute approximate surface area is 230 Å². The highest BCUT2D eigenvalue weighted by atomic mass is 19.1. The molecule has 1 aromatic heterocycles. The normalized spacial score (nSPS) is 16.7. The van der Waals surface area contributed by atoms with Gasteiger partial charge in [0.2, 0.25) is 5.95 Å². The van der Waals surface area contributed by atoms with Gasteiger partial charge in [-0.15, -0.1) is 0 Å². The van der Waals surface area contributed by atoms with Crippen molar-refractivity contribution in [2.75, 3.05) is 62.8 Å². The Morgan fingerprint density at radius 2 is 1.54 bits per heavy atom. The summed E-state index contributed by atoms with van der Waals surface area (Å²) in [4.78, 5) is 13.8. The van der Waals surface area contributed by atoms with Crippen LogP contribution < -0.4 is 19.7 Å². The molecule has 2 fully saturated rings. The van der Waals surface area contributed by atoms with Gasteiger partial charge in [-0.1, -0.05) is 12.1 Å². The summed E-state index contributed by atoms with van der Waals surface area (Å²) in [5.74, 6) is 2.04. The maximum atomic E-state index is 13.6. The van der Waals surface area contributed by atoms with Crippen molar-refractivity contribution < 1.29 is 18.6 Å². The molecule has 1 N–H and O–H groups in total. The minimum atomic E-state index is -0.262. The number of nitrogens with one attached hydrogen (secondary N) is 1. The molecule has 3 heterocycles. The van der Waals surface area contributed by atoms with Crippen molar-refractivity contribution in [2.24, 2.45) is 0 Å². The van der Waals surface area contributed by atoms with Crippen LogP contribution in [0.25, 0.3) is 11.1 Å². The van der Waals surface area contributed by atoms with Crippen LogP contribution in [0.4, 0.5) is 16.0 Å². The zero-order chi connectivity index (χ0) is 27.0.